The van der Waals surface area contributed by atoms with Gasteiger partial charge in [-0.2, -0.15) is 0 Å². The molecule has 0 saturated carbocycles. The van der Waals surface area contributed by atoms with Crippen LogP contribution in [0.1, 0.15) is 0 Å². The van der Waals surface area contributed by atoms with E-state index in [1.165, 1.54) is 0 Å². The van der Waals surface area contributed by atoms with Gasteiger partial charge < -0.3 is 18.0 Å². The third-order valence-corrected chi connectivity index (χ3v) is 12.6. The van der Waals surface area contributed by atoms with Gasteiger partial charge >= 0.3 is 0 Å². The summed E-state index contributed by atoms with van der Waals surface area (Å²) in [4.78, 5) is 37.8. The lowest BCUT2D eigenvalue weighted by Gasteiger charge is -2.16. The fraction of sp³-hybridized carbons (Fsp3) is 0. The Morgan fingerprint density at radius 2 is 0.621 bits per heavy atom. The molecule has 8 heteroatoms. The molecule has 0 aliphatic carbocycles. The first kappa shape index (κ1) is 37.4. The summed E-state index contributed by atoms with van der Waals surface area (Å²) in [6.07, 6.45) is 0. The number of pyridine rings is 2. The molecule has 0 N–H and O–H groups in total. The van der Waals surface area contributed by atoms with Crippen LogP contribution in [0.5, 0.6) is 0 Å². The molecule has 66 heavy (non-hydrogen) atoms. The van der Waals surface area contributed by atoms with E-state index in [0.717, 1.165) is 66.8 Å². The number of para-hydroxylation sites is 4. The lowest BCUT2D eigenvalue weighted by atomic mass is 9.96. The quantitative estimate of drug-likeness (QED) is 0.155. The number of rotatable bonds is 6. The van der Waals surface area contributed by atoms with Crippen molar-refractivity contribution in [2.45, 2.75) is 0 Å². The molecule has 0 bridgehead atoms. The zero-order chi connectivity index (χ0) is 43.9. The summed E-state index contributed by atoms with van der Waals surface area (Å²) >= 11 is 0. The molecule has 13 rings (SSSR count). The van der Waals surface area contributed by atoms with Crippen molar-refractivity contribution in [1.82, 2.24) is 19.1 Å². The van der Waals surface area contributed by atoms with E-state index >= 15 is 0 Å². The molecule has 0 aliphatic rings. The lowest BCUT2D eigenvalue weighted by Crippen LogP contribution is -2.10. The van der Waals surface area contributed by atoms with Crippen molar-refractivity contribution in [2.75, 3.05) is 0 Å². The van der Waals surface area contributed by atoms with Gasteiger partial charge in [0.05, 0.1) is 33.2 Å². The van der Waals surface area contributed by atoms with E-state index in [4.69, 9.17) is 18.8 Å². The summed E-state index contributed by atoms with van der Waals surface area (Å²) in [6.45, 7) is 0. The largest absolute Gasteiger partial charge is 0.435 e. The fourth-order valence-electron chi connectivity index (χ4n) is 9.58. The molecule has 8 nitrogen and oxygen atoms in total. The van der Waals surface area contributed by atoms with Crippen molar-refractivity contribution in [3.63, 3.8) is 0 Å². The maximum atomic E-state index is 13.6. The smallest absolute Gasteiger partial charge is 0.227 e. The lowest BCUT2D eigenvalue weighted by molar-refractivity contribution is 0.619. The molecular formula is C58H34N4O4. The number of hydrogen-bond acceptors (Lipinski definition) is 6. The molecule has 0 radical (unpaired) electrons. The Bertz CT molecular complexity index is 3740. The molecule has 0 aliphatic heterocycles. The average Bonchev–Trinajstić information content (AvgIpc) is 4.03. The highest BCUT2D eigenvalue weighted by Crippen LogP contribution is 2.46. The topological polar surface area (TPSA) is 96.1 Å². The van der Waals surface area contributed by atoms with Crippen LogP contribution in [0, 0.1) is 0 Å². The van der Waals surface area contributed by atoms with Crippen LogP contribution in [0.2, 0.25) is 0 Å². The molecule has 0 unspecified atom stereocenters. The number of aromatic nitrogens is 4. The van der Waals surface area contributed by atoms with E-state index in [1.54, 1.807) is 0 Å². The van der Waals surface area contributed by atoms with Crippen molar-refractivity contribution < 1.29 is 8.83 Å². The van der Waals surface area contributed by atoms with Crippen LogP contribution in [0.15, 0.2) is 225 Å². The number of nitrogens with zero attached hydrogens (tertiary/aromatic N) is 4. The van der Waals surface area contributed by atoms with E-state index in [0.29, 0.717) is 55.5 Å². The Morgan fingerprint density at radius 3 is 0.955 bits per heavy atom. The Balaban J connectivity index is 1.06. The van der Waals surface area contributed by atoms with Crippen LogP contribution in [0.3, 0.4) is 0 Å². The SMILES string of the molecule is O=c1c2ccccc2n(-c2ccc(-c3c4nc(-c5ccccc5)oc4c(-c4ccc(-n5c6ccccc6c(=O)c6ccccc65)cc4)c4nc(-c5ccccc5)oc34)cc2)c2ccccc12. The van der Waals surface area contributed by atoms with E-state index < -0.39 is 0 Å². The van der Waals surface area contributed by atoms with Crippen LogP contribution in [0.25, 0.3) is 122 Å². The summed E-state index contributed by atoms with van der Waals surface area (Å²) in [7, 11) is 0. The standard InChI is InChI=1S/C58H34N4O4/c63-53-41-19-7-11-23-45(41)61(46-24-12-8-20-42(46)53)39-31-27-35(28-32-39)49-51-55(65-57(59-51)37-15-3-1-4-16-37)50(52-56(49)66-58(60-52)38-17-5-2-6-18-38)36-29-33-40(34-30-36)62-47-25-13-9-21-43(47)54(64)44-22-10-14-26-48(44)62/h1-34H. The molecule has 0 spiro atoms. The van der Waals surface area contributed by atoms with Gasteiger partial charge in [-0.15, -0.1) is 0 Å². The minimum absolute atomic E-state index is 0.00650. The third-order valence-electron chi connectivity index (χ3n) is 12.6. The van der Waals surface area contributed by atoms with Crippen LogP contribution in [-0.4, -0.2) is 19.1 Å². The number of hydrogen-bond donors (Lipinski definition) is 0. The second-order valence-corrected chi connectivity index (χ2v) is 16.4. The highest BCUT2D eigenvalue weighted by molar-refractivity contribution is 6.16. The molecule has 0 amide bonds. The van der Waals surface area contributed by atoms with Gasteiger partial charge in [0.2, 0.25) is 11.8 Å². The van der Waals surface area contributed by atoms with Crippen molar-refractivity contribution in [1.29, 1.82) is 0 Å². The van der Waals surface area contributed by atoms with Gasteiger partial charge in [-0.05, 0) is 108 Å². The summed E-state index contributed by atoms with van der Waals surface area (Å²) < 4.78 is 18.1. The van der Waals surface area contributed by atoms with E-state index in [9.17, 15) is 9.59 Å². The first-order chi connectivity index (χ1) is 32.6. The minimum atomic E-state index is 0.00650. The Kier molecular flexibility index (Phi) is 8.35. The molecule has 4 heterocycles. The molecule has 4 aromatic heterocycles. The monoisotopic (exact) mass is 850 g/mol. The molecule has 13 aromatic rings. The molecule has 9 aromatic carbocycles. The van der Waals surface area contributed by atoms with Crippen LogP contribution >= 0.6 is 0 Å². The number of fused-ring (bicyclic) bond motifs is 6. The Hall–Kier alpha value is -9.14. The molecule has 0 fully saturated rings. The predicted octanol–water partition coefficient (Wildman–Crippen LogP) is 13.6. The highest BCUT2D eigenvalue weighted by Gasteiger charge is 2.28. The summed E-state index contributed by atoms with van der Waals surface area (Å²) in [5, 5.41) is 2.61. The molecule has 310 valence electrons. The van der Waals surface area contributed by atoms with Gasteiger partial charge in [0, 0.05) is 44.0 Å². The minimum Gasteiger partial charge on any atom is -0.435 e. The summed E-state index contributed by atoms with van der Waals surface area (Å²) in [5.41, 5.74) is 12.3. The second-order valence-electron chi connectivity index (χ2n) is 16.4. The highest BCUT2D eigenvalue weighted by atomic mass is 16.4. The van der Waals surface area contributed by atoms with Gasteiger partial charge in [0.25, 0.3) is 0 Å². The molecule has 0 saturated heterocycles. The van der Waals surface area contributed by atoms with Crippen LogP contribution in [0.4, 0.5) is 0 Å². The number of benzene rings is 9. The van der Waals surface area contributed by atoms with Crippen LogP contribution in [-0.2, 0) is 0 Å². The van der Waals surface area contributed by atoms with Gasteiger partial charge in [0.15, 0.2) is 22.0 Å². The van der Waals surface area contributed by atoms with Gasteiger partial charge in [-0.1, -0.05) is 109 Å². The molecule has 0 atom stereocenters. The maximum Gasteiger partial charge on any atom is 0.227 e. The van der Waals surface area contributed by atoms with Crippen molar-refractivity contribution >= 4 is 65.8 Å². The fourth-order valence-corrected chi connectivity index (χ4v) is 9.58. The number of oxazole rings is 2. The van der Waals surface area contributed by atoms with E-state index in [2.05, 4.69) is 57.7 Å². The van der Waals surface area contributed by atoms with Gasteiger partial charge in [-0.25, -0.2) is 9.97 Å². The van der Waals surface area contributed by atoms with Gasteiger partial charge in [-0.3, -0.25) is 9.59 Å². The third kappa shape index (κ3) is 5.72. The summed E-state index contributed by atoms with van der Waals surface area (Å²) in [6, 6.07) is 67.3. The normalized spacial score (nSPS) is 11.8. The van der Waals surface area contributed by atoms with Gasteiger partial charge in [0.1, 0.15) is 11.0 Å². The maximum absolute atomic E-state index is 13.6. The summed E-state index contributed by atoms with van der Waals surface area (Å²) in [5.74, 6) is 0.935. The van der Waals surface area contributed by atoms with E-state index in [1.807, 2.05) is 158 Å². The van der Waals surface area contributed by atoms with Crippen molar-refractivity contribution in [2.24, 2.45) is 0 Å². The Morgan fingerprint density at radius 1 is 0.318 bits per heavy atom. The van der Waals surface area contributed by atoms with Crippen molar-refractivity contribution in [3.8, 4) is 56.5 Å². The first-order valence-electron chi connectivity index (χ1n) is 21.7. The molecular weight excluding hydrogens is 817 g/mol. The Labute approximate surface area is 375 Å². The van der Waals surface area contributed by atoms with Crippen molar-refractivity contribution in [3.05, 3.63) is 227 Å². The van der Waals surface area contributed by atoms with E-state index in [-0.39, 0.29) is 10.9 Å². The second kappa shape index (κ2) is 14.7. The predicted molar refractivity (Wildman–Crippen MR) is 265 cm³/mol. The average molecular weight is 851 g/mol. The zero-order valence-electron chi connectivity index (χ0n) is 35.1. The zero-order valence-corrected chi connectivity index (χ0v) is 35.1. The van der Waals surface area contributed by atoms with Crippen LogP contribution < -0.4 is 10.9 Å². The first-order valence-corrected chi connectivity index (χ1v) is 21.7.